The molecule has 0 heterocycles. The quantitative estimate of drug-likeness (QED) is 0.554. The Kier molecular flexibility index (Phi) is 5.34. The Hall–Kier alpha value is -1.80. The van der Waals surface area contributed by atoms with Gasteiger partial charge >= 0.3 is 0 Å². The number of primary sulfonamides is 1. The van der Waals surface area contributed by atoms with Gasteiger partial charge in [-0.3, -0.25) is 4.79 Å². The number of sulfonamides is 1. The van der Waals surface area contributed by atoms with Crippen LogP contribution in [0.15, 0.2) is 23.1 Å². The van der Waals surface area contributed by atoms with E-state index in [0.717, 1.165) is 0 Å². The molecule has 0 atom stereocenters. The summed E-state index contributed by atoms with van der Waals surface area (Å²) in [6.45, 7) is 4.69. The van der Waals surface area contributed by atoms with E-state index < -0.39 is 10.0 Å². The van der Waals surface area contributed by atoms with Crippen LogP contribution in [0.3, 0.4) is 0 Å². The molecule has 0 fully saturated rings. The molecule has 1 rings (SSSR count). The van der Waals surface area contributed by atoms with Gasteiger partial charge in [0.05, 0.1) is 12.2 Å². The number of hydrogen-bond donors (Lipinski definition) is 4. The van der Waals surface area contributed by atoms with Gasteiger partial charge in [0.25, 0.3) is 0 Å². The summed E-state index contributed by atoms with van der Waals surface area (Å²) in [4.78, 5) is 11.4. The summed E-state index contributed by atoms with van der Waals surface area (Å²) >= 11 is 0. The Labute approximate surface area is 118 Å². The number of rotatable bonds is 6. The molecule has 0 unspecified atom stereocenters. The van der Waals surface area contributed by atoms with E-state index >= 15 is 0 Å². The smallest absolute Gasteiger partial charge is 0.240 e. The van der Waals surface area contributed by atoms with Crippen molar-refractivity contribution in [3.8, 4) is 0 Å². The van der Waals surface area contributed by atoms with Gasteiger partial charge in [0.2, 0.25) is 15.9 Å². The second kappa shape index (κ2) is 6.58. The molecule has 0 aliphatic rings. The van der Waals surface area contributed by atoms with Gasteiger partial charge in [-0.05, 0) is 24.1 Å². The third kappa shape index (κ3) is 5.06. The Balaban J connectivity index is 2.62. The number of benzene rings is 1. The molecule has 1 aromatic rings. The predicted molar refractivity (Wildman–Crippen MR) is 78.6 cm³/mol. The Morgan fingerprint density at radius 1 is 1.35 bits per heavy atom. The van der Waals surface area contributed by atoms with Gasteiger partial charge in [-0.15, -0.1) is 0 Å². The fourth-order valence-electron chi connectivity index (χ4n) is 1.48. The number of amides is 1. The predicted octanol–water partition coefficient (Wildman–Crippen LogP) is 0.100. The molecule has 0 saturated heterocycles. The van der Waals surface area contributed by atoms with E-state index in [0.29, 0.717) is 18.2 Å². The highest BCUT2D eigenvalue weighted by atomic mass is 32.2. The summed E-state index contributed by atoms with van der Waals surface area (Å²) in [5, 5.41) is 10.6. The van der Waals surface area contributed by atoms with Gasteiger partial charge in [0.1, 0.15) is 4.90 Å². The minimum Gasteiger partial charge on any atom is -0.398 e. The SMILES string of the molecule is CC(C)CNC(=O)CNc1ccc(S(N)(=O)=O)c(N)c1. The molecule has 0 bridgehead atoms. The molecule has 0 saturated carbocycles. The molecule has 8 heteroatoms. The molecule has 1 amide bonds. The molecule has 7 nitrogen and oxygen atoms in total. The van der Waals surface area contributed by atoms with Crippen LogP contribution < -0.4 is 21.5 Å². The summed E-state index contributed by atoms with van der Waals surface area (Å²) in [6, 6.07) is 4.24. The van der Waals surface area contributed by atoms with Gasteiger partial charge in [-0.1, -0.05) is 13.8 Å². The van der Waals surface area contributed by atoms with E-state index in [2.05, 4.69) is 10.6 Å². The summed E-state index contributed by atoms with van der Waals surface area (Å²) in [7, 11) is -3.83. The number of nitrogen functional groups attached to an aromatic ring is 1. The second-order valence-electron chi connectivity index (χ2n) is 4.85. The van der Waals surface area contributed by atoms with Crippen LogP contribution in [-0.2, 0) is 14.8 Å². The van der Waals surface area contributed by atoms with Gasteiger partial charge in [0, 0.05) is 12.2 Å². The average molecular weight is 300 g/mol. The monoisotopic (exact) mass is 300 g/mol. The van der Waals surface area contributed by atoms with Crippen LogP contribution in [0.2, 0.25) is 0 Å². The van der Waals surface area contributed by atoms with Gasteiger partial charge < -0.3 is 16.4 Å². The second-order valence-corrected chi connectivity index (χ2v) is 6.38. The van der Waals surface area contributed by atoms with Gasteiger partial charge in [-0.2, -0.15) is 0 Å². The van der Waals surface area contributed by atoms with Crippen LogP contribution in [0.25, 0.3) is 0 Å². The minimum absolute atomic E-state index is 0.0417. The van der Waals surface area contributed by atoms with Gasteiger partial charge in [0.15, 0.2) is 0 Å². The molecule has 20 heavy (non-hydrogen) atoms. The van der Waals surface area contributed by atoms with Gasteiger partial charge in [-0.25, -0.2) is 13.6 Å². The first-order valence-corrected chi connectivity index (χ1v) is 7.67. The fourth-order valence-corrected chi connectivity index (χ4v) is 2.13. The lowest BCUT2D eigenvalue weighted by molar-refractivity contribution is -0.119. The zero-order valence-electron chi connectivity index (χ0n) is 11.5. The first-order valence-electron chi connectivity index (χ1n) is 6.13. The molecule has 0 aromatic heterocycles. The van der Waals surface area contributed by atoms with Crippen molar-refractivity contribution < 1.29 is 13.2 Å². The molecular weight excluding hydrogens is 280 g/mol. The molecule has 112 valence electrons. The Morgan fingerprint density at radius 3 is 2.50 bits per heavy atom. The number of nitrogens with two attached hydrogens (primary N) is 2. The van der Waals surface area contributed by atoms with Crippen LogP contribution in [0.4, 0.5) is 11.4 Å². The largest absolute Gasteiger partial charge is 0.398 e. The van der Waals surface area contributed by atoms with Crippen molar-refractivity contribution in [3.05, 3.63) is 18.2 Å². The lowest BCUT2D eigenvalue weighted by Gasteiger charge is -2.11. The number of carbonyl (C=O) groups excluding carboxylic acids is 1. The van der Waals surface area contributed by atoms with E-state index in [4.69, 9.17) is 10.9 Å². The molecule has 0 aliphatic carbocycles. The average Bonchev–Trinajstić information content (AvgIpc) is 2.32. The number of nitrogens with one attached hydrogen (secondary N) is 2. The van der Waals surface area contributed by atoms with Crippen molar-refractivity contribution in [3.63, 3.8) is 0 Å². The molecular formula is C12H20N4O3S. The van der Waals surface area contributed by atoms with Crippen LogP contribution in [-0.4, -0.2) is 27.4 Å². The first-order chi connectivity index (χ1) is 9.20. The fraction of sp³-hybridized carbons (Fsp3) is 0.417. The maximum Gasteiger partial charge on any atom is 0.240 e. The highest BCUT2D eigenvalue weighted by Gasteiger charge is 2.12. The highest BCUT2D eigenvalue weighted by molar-refractivity contribution is 7.89. The maximum absolute atomic E-state index is 11.5. The van der Waals surface area contributed by atoms with Crippen LogP contribution >= 0.6 is 0 Å². The normalized spacial score (nSPS) is 11.4. The summed E-state index contributed by atoms with van der Waals surface area (Å²) in [5.41, 5.74) is 6.20. The molecule has 6 N–H and O–H groups in total. The highest BCUT2D eigenvalue weighted by Crippen LogP contribution is 2.21. The number of anilines is 2. The Morgan fingerprint density at radius 2 is 2.00 bits per heavy atom. The topological polar surface area (TPSA) is 127 Å². The summed E-state index contributed by atoms with van der Waals surface area (Å²) in [6.07, 6.45) is 0. The summed E-state index contributed by atoms with van der Waals surface area (Å²) < 4.78 is 22.4. The number of hydrogen-bond acceptors (Lipinski definition) is 5. The van der Waals surface area contributed by atoms with Crippen LogP contribution in [0.5, 0.6) is 0 Å². The van der Waals surface area contributed by atoms with E-state index in [1.807, 2.05) is 13.8 Å². The van der Waals surface area contributed by atoms with Crippen molar-refractivity contribution in [2.75, 3.05) is 24.1 Å². The van der Waals surface area contributed by atoms with Crippen molar-refractivity contribution in [2.24, 2.45) is 11.1 Å². The van der Waals surface area contributed by atoms with Crippen molar-refractivity contribution in [2.45, 2.75) is 18.7 Å². The zero-order valence-corrected chi connectivity index (χ0v) is 12.3. The van der Waals surface area contributed by atoms with Crippen molar-refractivity contribution >= 4 is 27.3 Å². The molecule has 0 radical (unpaired) electrons. The third-order valence-electron chi connectivity index (χ3n) is 2.48. The lowest BCUT2D eigenvalue weighted by Crippen LogP contribution is -2.32. The van der Waals surface area contributed by atoms with Crippen molar-refractivity contribution in [1.82, 2.24) is 5.32 Å². The van der Waals surface area contributed by atoms with Crippen molar-refractivity contribution in [1.29, 1.82) is 0 Å². The zero-order chi connectivity index (χ0) is 15.3. The van der Waals surface area contributed by atoms with E-state index in [9.17, 15) is 13.2 Å². The van der Waals surface area contributed by atoms with Crippen LogP contribution in [0, 0.1) is 5.92 Å². The maximum atomic E-state index is 11.5. The van der Waals surface area contributed by atoms with E-state index in [1.54, 1.807) is 0 Å². The Bertz CT molecular complexity index is 584. The standard InChI is InChI=1S/C12H20N4O3S/c1-8(2)6-16-12(17)7-15-9-3-4-11(10(13)5-9)20(14,18)19/h3-5,8,15H,6-7,13H2,1-2H3,(H,16,17)(H2,14,18,19). The lowest BCUT2D eigenvalue weighted by atomic mass is 10.2. The minimum atomic E-state index is -3.83. The van der Waals surface area contributed by atoms with E-state index in [-0.39, 0.29) is 23.0 Å². The number of carbonyl (C=O) groups is 1. The first kappa shape index (κ1) is 16.3. The molecule has 0 aliphatic heterocycles. The van der Waals surface area contributed by atoms with Crippen LogP contribution in [0.1, 0.15) is 13.8 Å². The molecule has 1 aromatic carbocycles. The summed E-state index contributed by atoms with van der Waals surface area (Å²) in [5.74, 6) is 0.233. The van der Waals surface area contributed by atoms with E-state index in [1.165, 1.54) is 18.2 Å². The third-order valence-corrected chi connectivity index (χ3v) is 3.46. The molecule has 0 spiro atoms.